The third kappa shape index (κ3) is 3.77. The van der Waals surface area contributed by atoms with Crippen molar-refractivity contribution in [3.05, 3.63) is 53.6 Å². The Morgan fingerprint density at radius 3 is 2.18 bits per heavy atom. The van der Waals surface area contributed by atoms with Gasteiger partial charge in [-0.05, 0) is 48.3 Å². The fourth-order valence-electron chi connectivity index (χ4n) is 2.42. The van der Waals surface area contributed by atoms with E-state index in [2.05, 4.69) is 42.7 Å². The number of ether oxygens (including phenoxy) is 1. The normalized spacial score (nSPS) is 10.1. The quantitative estimate of drug-likeness (QED) is 0.788. The molecule has 0 amide bonds. The fourth-order valence-corrected chi connectivity index (χ4v) is 2.63. The van der Waals surface area contributed by atoms with Gasteiger partial charge in [-0.3, -0.25) is 0 Å². The van der Waals surface area contributed by atoms with Crippen molar-refractivity contribution >= 4 is 28.7 Å². The second-order valence-corrected chi connectivity index (χ2v) is 5.35. The predicted molar refractivity (Wildman–Crippen MR) is 98.0 cm³/mol. The lowest BCUT2D eigenvalue weighted by Crippen LogP contribution is -2.21. The molecule has 116 valence electrons. The molecule has 2 rings (SSSR count). The molecule has 0 fully saturated rings. The second kappa shape index (κ2) is 7.80. The van der Waals surface area contributed by atoms with Crippen molar-refractivity contribution in [1.29, 1.82) is 0 Å². The summed E-state index contributed by atoms with van der Waals surface area (Å²) in [4.78, 5) is 0. The third-order valence-electron chi connectivity index (χ3n) is 3.59. The van der Waals surface area contributed by atoms with Gasteiger partial charge in [-0.15, -0.1) is 0 Å². The van der Waals surface area contributed by atoms with Crippen molar-refractivity contribution in [2.75, 3.05) is 17.7 Å². The Labute approximate surface area is 137 Å². The SMILES string of the molecule is CCc1cccc(CC)c1NC(=S)Nc1ccccc1OC. The lowest BCUT2D eigenvalue weighted by Gasteiger charge is -2.17. The Morgan fingerprint density at radius 1 is 0.955 bits per heavy atom. The number of hydrogen-bond donors (Lipinski definition) is 2. The largest absolute Gasteiger partial charge is 0.495 e. The summed E-state index contributed by atoms with van der Waals surface area (Å²) < 4.78 is 5.34. The average molecular weight is 314 g/mol. The minimum absolute atomic E-state index is 0.570. The Balaban J connectivity index is 2.19. The van der Waals surface area contributed by atoms with E-state index in [-0.39, 0.29) is 0 Å². The van der Waals surface area contributed by atoms with E-state index in [9.17, 15) is 0 Å². The van der Waals surface area contributed by atoms with E-state index >= 15 is 0 Å². The molecule has 0 aliphatic heterocycles. The zero-order valence-electron chi connectivity index (χ0n) is 13.3. The highest BCUT2D eigenvalue weighted by molar-refractivity contribution is 7.80. The van der Waals surface area contributed by atoms with Crippen LogP contribution in [-0.4, -0.2) is 12.2 Å². The number of para-hydroxylation sites is 3. The van der Waals surface area contributed by atoms with Crippen LogP contribution in [0.15, 0.2) is 42.5 Å². The van der Waals surface area contributed by atoms with Gasteiger partial charge >= 0.3 is 0 Å². The zero-order valence-corrected chi connectivity index (χ0v) is 14.1. The summed E-state index contributed by atoms with van der Waals surface area (Å²) in [6.07, 6.45) is 1.93. The summed E-state index contributed by atoms with van der Waals surface area (Å²) in [6, 6.07) is 14.1. The molecule has 2 aromatic carbocycles. The topological polar surface area (TPSA) is 33.3 Å². The van der Waals surface area contributed by atoms with Crippen LogP contribution in [0.1, 0.15) is 25.0 Å². The van der Waals surface area contributed by atoms with Crippen molar-refractivity contribution in [3.63, 3.8) is 0 Å². The van der Waals surface area contributed by atoms with Gasteiger partial charge in [-0.2, -0.15) is 0 Å². The van der Waals surface area contributed by atoms with Gasteiger partial charge in [0, 0.05) is 5.69 Å². The van der Waals surface area contributed by atoms with Crippen LogP contribution < -0.4 is 15.4 Å². The van der Waals surface area contributed by atoms with Crippen LogP contribution in [0.4, 0.5) is 11.4 Å². The van der Waals surface area contributed by atoms with Gasteiger partial charge in [0.25, 0.3) is 0 Å². The van der Waals surface area contributed by atoms with Crippen LogP contribution in [-0.2, 0) is 12.8 Å². The molecule has 0 radical (unpaired) electrons. The van der Waals surface area contributed by atoms with Crippen molar-refractivity contribution in [2.24, 2.45) is 0 Å². The summed E-state index contributed by atoms with van der Waals surface area (Å²) in [5.74, 6) is 0.770. The van der Waals surface area contributed by atoms with Crippen LogP contribution in [0.2, 0.25) is 0 Å². The second-order valence-electron chi connectivity index (χ2n) is 4.94. The van der Waals surface area contributed by atoms with Crippen LogP contribution in [0.5, 0.6) is 5.75 Å². The van der Waals surface area contributed by atoms with E-state index < -0.39 is 0 Å². The molecule has 2 N–H and O–H groups in total. The van der Waals surface area contributed by atoms with Crippen LogP contribution in [0.25, 0.3) is 0 Å². The molecular formula is C18H22N2OS. The van der Waals surface area contributed by atoms with Crippen molar-refractivity contribution in [3.8, 4) is 5.75 Å². The first-order chi connectivity index (χ1) is 10.7. The number of thiocarbonyl (C=S) groups is 1. The maximum absolute atomic E-state index is 5.46. The molecule has 4 heteroatoms. The number of methoxy groups -OCH3 is 1. The number of benzene rings is 2. The molecule has 0 aromatic heterocycles. The summed E-state index contributed by atoms with van der Waals surface area (Å²) in [5, 5.41) is 7.12. The minimum Gasteiger partial charge on any atom is -0.495 e. The molecule has 0 saturated heterocycles. The molecule has 3 nitrogen and oxygen atoms in total. The van der Waals surface area contributed by atoms with E-state index in [1.54, 1.807) is 7.11 Å². The smallest absolute Gasteiger partial charge is 0.175 e. The molecule has 0 saturated carbocycles. The van der Waals surface area contributed by atoms with Crippen LogP contribution in [0, 0.1) is 0 Å². The monoisotopic (exact) mass is 314 g/mol. The Morgan fingerprint density at radius 2 is 1.59 bits per heavy atom. The van der Waals surface area contributed by atoms with Gasteiger partial charge in [0.1, 0.15) is 5.75 Å². The van der Waals surface area contributed by atoms with Crippen molar-refractivity contribution in [2.45, 2.75) is 26.7 Å². The van der Waals surface area contributed by atoms with E-state index in [1.807, 2.05) is 24.3 Å². The first kappa shape index (κ1) is 16.3. The van der Waals surface area contributed by atoms with E-state index in [4.69, 9.17) is 17.0 Å². The molecule has 0 heterocycles. The summed E-state index contributed by atoms with van der Waals surface area (Å²) in [7, 11) is 1.65. The highest BCUT2D eigenvalue weighted by Gasteiger charge is 2.09. The number of rotatable bonds is 5. The molecule has 0 aliphatic rings. The molecule has 2 aromatic rings. The van der Waals surface area contributed by atoms with E-state index in [0.717, 1.165) is 30.0 Å². The molecule has 22 heavy (non-hydrogen) atoms. The maximum atomic E-state index is 5.46. The van der Waals surface area contributed by atoms with E-state index in [1.165, 1.54) is 11.1 Å². The Kier molecular flexibility index (Phi) is 5.78. The Bertz CT molecular complexity index is 633. The van der Waals surface area contributed by atoms with Crippen LogP contribution >= 0.6 is 12.2 Å². The van der Waals surface area contributed by atoms with Gasteiger partial charge < -0.3 is 15.4 Å². The summed E-state index contributed by atoms with van der Waals surface area (Å²) in [5.41, 5.74) is 4.50. The van der Waals surface area contributed by atoms with Crippen LogP contribution in [0.3, 0.4) is 0 Å². The first-order valence-electron chi connectivity index (χ1n) is 7.51. The van der Waals surface area contributed by atoms with Crippen molar-refractivity contribution < 1.29 is 4.74 Å². The molecule has 0 spiro atoms. The zero-order chi connectivity index (χ0) is 15.9. The molecular weight excluding hydrogens is 292 g/mol. The highest BCUT2D eigenvalue weighted by atomic mass is 32.1. The lowest BCUT2D eigenvalue weighted by molar-refractivity contribution is 0.417. The van der Waals surface area contributed by atoms with Crippen molar-refractivity contribution in [1.82, 2.24) is 0 Å². The lowest BCUT2D eigenvalue weighted by atomic mass is 10.0. The predicted octanol–water partition coefficient (Wildman–Crippen LogP) is 4.63. The maximum Gasteiger partial charge on any atom is 0.175 e. The summed E-state index contributed by atoms with van der Waals surface area (Å²) >= 11 is 5.46. The van der Waals surface area contributed by atoms with Gasteiger partial charge in [0.05, 0.1) is 12.8 Å². The van der Waals surface area contributed by atoms with Gasteiger partial charge in [0.15, 0.2) is 5.11 Å². The van der Waals surface area contributed by atoms with Gasteiger partial charge in [-0.25, -0.2) is 0 Å². The van der Waals surface area contributed by atoms with Gasteiger partial charge in [-0.1, -0.05) is 44.2 Å². The third-order valence-corrected chi connectivity index (χ3v) is 3.80. The van der Waals surface area contributed by atoms with Gasteiger partial charge in [0.2, 0.25) is 0 Å². The standard InChI is InChI=1S/C18H22N2OS/c1-4-13-9-8-10-14(5-2)17(13)20-18(22)19-15-11-6-7-12-16(15)21-3/h6-12H,4-5H2,1-3H3,(H2,19,20,22). The Hall–Kier alpha value is -2.07. The molecule has 0 atom stereocenters. The summed E-state index contributed by atoms with van der Waals surface area (Å²) in [6.45, 7) is 4.30. The molecule has 0 unspecified atom stereocenters. The van der Waals surface area contributed by atoms with E-state index in [0.29, 0.717) is 5.11 Å². The highest BCUT2D eigenvalue weighted by Crippen LogP contribution is 2.25. The minimum atomic E-state index is 0.570. The molecule has 0 aliphatic carbocycles. The first-order valence-corrected chi connectivity index (χ1v) is 7.92. The number of anilines is 2. The average Bonchev–Trinajstić information content (AvgIpc) is 2.55. The number of aryl methyl sites for hydroxylation is 2. The number of nitrogens with one attached hydrogen (secondary N) is 2. The fraction of sp³-hybridized carbons (Fsp3) is 0.278. The molecule has 0 bridgehead atoms. The number of hydrogen-bond acceptors (Lipinski definition) is 2.